The van der Waals surface area contributed by atoms with Gasteiger partial charge in [-0.1, -0.05) is 204 Å². The van der Waals surface area contributed by atoms with E-state index < -0.39 is 0 Å². The largest absolute Gasteiger partial charge is 0.507 e. The summed E-state index contributed by atoms with van der Waals surface area (Å²) in [4.78, 5) is 4.99. The molecule has 3 nitrogen and oxygen atoms in total. The topological polar surface area (TPSA) is 26.7 Å². The summed E-state index contributed by atoms with van der Waals surface area (Å²) in [5.74, 6) is 2.05. The van der Waals surface area contributed by atoms with Crippen LogP contribution < -0.4 is 0 Å². The lowest BCUT2D eigenvalue weighted by Gasteiger charge is -2.27. The lowest BCUT2D eigenvalue weighted by atomic mass is 9.94. The zero-order chi connectivity index (χ0) is 38.4. The maximum atomic E-state index is 11.4. The van der Waals surface area contributed by atoms with E-state index in [1.165, 1.54) is 171 Å². The van der Waals surface area contributed by atoms with Crippen molar-refractivity contribution in [3.63, 3.8) is 0 Å². The van der Waals surface area contributed by atoms with Crippen molar-refractivity contribution in [2.75, 3.05) is 26.2 Å². The lowest BCUT2D eigenvalue weighted by molar-refractivity contribution is 0.395. The standard InChI is InChI=1S/C45H82N2OS4/c1-8-12-16-20-24-28-32-46(33-29-25-21-17-13-9-2)44(49)51-36-41-38(5)42(40(7)43(48)39(41)6)37-52-45(50)47(34-30-26-22-18-14-10-3)35-31-27-23-19-15-11-4/h48H,8-37H2,1-7H3. The molecule has 0 aliphatic heterocycles. The van der Waals surface area contributed by atoms with Gasteiger partial charge in [0.25, 0.3) is 0 Å². The van der Waals surface area contributed by atoms with E-state index in [1.807, 2.05) is 0 Å². The van der Waals surface area contributed by atoms with Gasteiger partial charge in [0.05, 0.1) is 0 Å². The van der Waals surface area contributed by atoms with Gasteiger partial charge in [-0.15, -0.1) is 0 Å². The van der Waals surface area contributed by atoms with Crippen LogP contribution in [0.2, 0.25) is 0 Å². The van der Waals surface area contributed by atoms with Crippen LogP contribution in [-0.4, -0.2) is 49.7 Å². The van der Waals surface area contributed by atoms with Crippen LogP contribution in [0.3, 0.4) is 0 Å². The molecule has 52 heavy (non-hydrogen) atoms. The summed E-state index contributed by atoms with van der Waals surface area (Å²) in [6.07, 6.45) is 31.4. The maximum Gasteiger partial charge on any atom is 0.136 e. The van der Waals surface area contributed by atoms with Gasteiger partial charge < -0.3 is 14.9 Å². The van der Waals surface area contributed by atoms with Crippen molar-refractivity contribution in [2.24, 2.45) is 0 Å². The van der Waals surface area contributed by atoms with Crippen molar-refractivity contribution in [3.05, 3.63) is 27.8 Å². The normalized spacial score (nSPS) is 11.4. The highest BCUT2D eigenvalue weighted by atomic mass is 32.2. The van der Waals surface area contributed by atoms with Gasteiger partial charge in [0.15, 0.2) is 0 Å². The van der Waals surface area contributed by atoms with Gasteiger partial charge in [-0.05, 0) is 74.3 Å². The molecule has 1 rings (SSSR count). The molecule has 0 saturated heterocycles. The molecule has 1 N–H and O–H groups in total. The predicted octanol–water partition coefficient (Wildman–Crippen LogP) is 15.4. The first-order valence-corrected chi connectivity index (χ1v) is 24.7. The van der Waals surface area contributed by atoms with E-state index in [4.69, 9.17) is 24.4 Å². The molecule has 0 radical (unpaired) electrons. The molecule has 0 fully saturated rings. The number of thiocarbonyl (C=S) groups is 2. The van der Waals surface area contributed by atoms with Crippen LogP contribution in [0.15, 0.2) is 0 Å². The van der Waals surface area contributed by atoms with Crippen LogP contribution in [0.5, 0.6) is 5.75 Å². The van der Waals surface area contributed by atoms with E-state index in [1.54, 1.807) is 23.5 Å². The van der Waals surface area contributed by atoms with Crippen molar-refractivity contribution < 1.29 is 5.11 Å². The molecule has 0 aliphatic carbocycles. The predicted molar refractivity (Wildman–Crippen MR) is 247 cm³/mol. The number of hydrogen-bond donors (Lipinski definition) is 1. The molecule has 1 aromatic carbocycles. The average molecular weight is 795 g/mol. The quantitative estimate of drug-likeness (QED) is 0.0573. The summed E-state index contributed by atoms with van der Waals surface area (Å²) in [6.45, 7) is 19.8. The summed E-state index contributed by atoms with van der Waals surface area (Å²) in [5, 5.41) is 11.4. The number of phenols is 1. The molecule has 0 atom stereocenters. The third-order valence-corrected chi connectivity index (χ3v) is 13.9. The first-order chi connectivity index (χ1) is 25.2. The van der Waals surface area contributed by atoms with Crippen molar-refractivity contribution in [2.45, 2.75) is 214 Å². The third kappa shape index (κ3) is 21.6. The molecule has 1 aromatic rings. The smallest absolute Gasteiger partial charge is 0.136 e. The fourth-order valence-corrected chi connectivity index (χ4v) is 9.97. The van der Waals surface area contributed by atoms with E-state index in [0.717, 1.165) is 57.5 Å². The van der Waals surface area contributed by atoms with Crippen molar-refractivity contribution in [1.29, 1.82) is 0 Å². The fraction of sp³-hybridized carbons (Fsp3) is 0.822. The van der Waals surface area contributed by atoms with E-state index in [2.05, 4.69) is 58.3 Å². The van der Waals surface area contributed by atoms with E-state index in [-0.39, 0.29) is 0 Å². The second kappa shape index (κ2) is 32.7. The SMILES string of the molecule is CCCCCCCCN(CCCCCCCC)C(=S)SCc1c(C)c(O)c(C)c(CSC(=S)N(CCCCCCCC)CCCCCCCC)c1C. The summed E-state index contributed by atoms with van der Waals surface area (Å²) >= 11 is 15.9. The summed E-state index contributed by atoms with van der Waals surface area (Å²) in [5.41, 5.74) is 5.80. The first kappa shape index (κ1) is 49.5. The Balaban J connectivity index is 2.96. The highest BCUT2D eigenvalue weighted by Gasteiger charge is 2.20. The Morgan fingerprint density at radius 1 is 0.423 bits per heavy atom. The molecule has 0 heterocycles. The van der Waals surface area contributed by atoms with E-state index in [0.29, 0.717) is 5.75 Å². The Morgan fingerprint density at radius 3 is 0.942 bits per heavy atom. The van der Waals surface area contributed by atoms with Gasteiger partial charge in [0.2, 0.25) is 0 Å². The van der Waals surface area contributed by atoms with Crippen molar-refractivity contribution in [3.8, 4) is 5.75 Å². The van der Waals surface area contributed by atoms with E-state index in [9.17, 15) is 5.11 Å². The van der Waals surface area contributed by atoms with Crippen LogP contribution in [-0.2, 0) is 11.5 Å². The van der Waals surface area contributed by atoms with Crippen LogP contribution in [0.1, 0.15) is 210 Å². The van der Waals surface area contributed by atoms with Crippen molar-refractivity contribution >= 4 is 56.6 Å². The highest BCUT2D eigenvalue weighted by Crippen LogP contribution is 2.37. The number of nitrogens with zero attached hydrogens (tertiary/aromatic N) is 2. The van der Waals surface area contributed by atoms with Crippen LogP contribution >= 0.6 is 48.0 Å². The molecule has 0 spiro atoms. The van der Waals surface area contributed by atoms with Crippen molar-refractivity contribution in [1.82, 2.24) is 9.80 Å². The van der Waals surface area contributed by atoms with Gasteiger partial charge in [0, 0.05) is 37.7 Å². The molecule has 0 aliphatic rings. The number of phenolic OH excluding ortho intramolecular Hbond substituents is 1. The Hall–Kier alpha value is -0.500. The highest BCUT2D eigenvalue weighted by molar-refractivity contribution is 8.22. The Kier molecular flexibility index (Phi) is 31.2. The number of thioether (sulfide) groups is 2. The minimum Gasteiger partial charge on any atom is -0.507 e. The fourth-order valence-electron chi connectivity index (χ4n) is 7.12. The molecule has 0 amide bonds. The van der Waals surface area contributed by atoms with Crippen LogP contribution in [0.4, 0.5) is 0 Å². The second-order valence-corrected chi connectivity index (χ2v) is 18.6. The van der Waals surface area contributed by atoms with Crippen LogP contribution in [0, 0.1) is 20.8 Å². The molecule has 0 aromatic heterocycles. The monoisotopic (exact) mass is 795 g/mol. The first-order valence-electron chi connectivity index (χ1n) is 21.9. The zero-order valence-corrected chi connectivity index (χ0v) is 38.5. The molecule has 0 saturated carbocycles. The number of benzene rings is 1. The second-order valence-electron chi connectivity index (χ2n) is 15.3. The zero-order valence-electron chi connectivity index (χ0n) is 35.2. The van der Waals surface area contributed by atoms with Crippen LogP contribution in [0.25, 0.3) is 0 Å². The Morgan fingerprint density at radius 2 is 0.673 bits per heavy atom. The summed E-state index contributed by atoms with van der Waals surface area (Å²) < 4.78 is 2.05. The molecule has 302 valence electrons. The molecule has 0 unspecified atom stereocenters. The number of rotatable bonds is 32. The summed E-state index contributed by atoms with van der Waals surface area (Å²) in [7, 11) is 0. The van der Waals surface area contributed by atoms with Gasteiger partial charge in [-0.3, -0.25) is 0 Å². The molecule has 0 bridgehead atoms. The van der Waals surface area contributed by atoms with Gasteiger partial charge in [-0.2, -0.15) is 0 Å². The summed E-state index contributed by atoms with van der Waals surface area (Å²) in [6, 6.07) is 0. The maximum absolute atomic E-state index is 11.4. The Bertz CT molecular complexity index is 967. The minimum atomic E-state index is 0.445. The molecular formula is C45H82N2OS4. The Labute approximate surface area is 343 Å². The van der Waals surface area contributed by atoms with E-state index >= 15 is 0 Å². The van der Waals surface area contributed by atoms with Gasteiger partial charge >= 0.3 is 0 Å². The number of hydrogen-bond acceptors (Lipinski definition) is 5. The number of aromatic hydroxyl groups is 1. The third-order valence-electron chi connectivity index (χ3n) is 10.8. The van der Waals surface area contributed by atoms with Gasteiger partial charge in [0.1, 0.15) is 14.4 Å². The molecule has 7 heteroatoms. The molecular weight excluding hydrogens is 713 g/mol. The number of unbranched alkanes of at least 4 members (excludes halogenated alkanes) is 20. The lowest BCUT2D eigenvalue weighted by Crippen LogP contribution is -2.30. The van der Waals surface area contributed by atoms with Gasteiger partial charge in [-0.25, -0.2) is 0 Å². The average Bonchev–Trinajstić information content (AvgIpc) is 3.14. The minimum absolute atomic E-state index is 0.445.